The van der Waals surface area contributed by atoms with E-state index in [-0.39, 0.29) is 11.9 Å². The summed E-state index contributed by atoms with van der Waals surface area (Å²) in [4.78, 5) is 11.7. The van der Waals surface area contributed by atoms with Crippen LogP contribution in [0.25, 0.3) is 0 Å². The highest BCUT2D eigenvalue weighted by Gasteiger charge is 2.23. The smallest absolute Gasteiger partial charge is 0.269 e. The van der Waals surface area contributed by atoms with Gasteiger partial charge >= 0.3 is 0 Å². The van der Waals surface area contributed by atoms with Gasteiger partial charge in [-0.25, -0.2) is 0 Å². The monoisotopic (exact) mass is 208 g/mol. The van der Waals surface area contributed by atoms with Crippen LogP contribution in [0.1, 0.15) is 23.8 Å². The van der Waals surface area contributed by atoms with Gasteiger partial charge in [0.2, 0.25) is 0 Å². The number of hydrogen-bond acceptors (Lipinski definition) is 3. The molecule has 5 heteroatoms. The van der Waals surface area contributed by atoms with Crippen LogP contribution in [0, 0.1) is 5.92 Å². The lowest BCUT2D eigenvalue weighted by Crippen LogP contribution is -2.50. The van der Waals surface area contributed by atoms with E-state index in [2.05, 4.69) is 27.8 Å². The molecule has 1 aliphatic rings. The molecule has 0 bridgehead atoms. The quantitative estimate of drug-likeness (QED) is 0.647. The molecule has 5 nitrogen and oxygen atoms in total. The first kappa shape index (κ1) is 10.2. The van der Waals surface area contributed by atoms with E-state index in [4.69, 9.17) is 0 Å². The number of carbonyl (C=O) groups excluding carboxylic acids is 1. The number of aromatic amines is 1. The van der Waals surface area contributed by atoms with Gasteiger partial charge in [0.25, 0.3) is 5.91 Å². The molecule has 15 heavy (non-hydrogen) atoms. The molecule has 82 valence electrons. The van der Waals surface area contributed by atoms with Crippen LogP contribution in [0.5, 0.6) is 0 Å². The summed E-state index contributed by atoms with van der Waals surface area (Å²) >= 11 is 0. The summed E-state index contributed by atoms with van der Waals surface area (Å²) in [6.45, 7) is 4.05. The Morgan fingerprint density at radius 2 is 2.53 bits per heavy atom. The second-order valence-corrected chi connectivity index (χ2v) is 4.02. The number of rotatable bonds is 2. The van der Waals surface area contributed by atoms with Crippen LogP contribution in [0.4, 0.5) is 0 Å². The van der Waals surface area contributed by atoms with E-state index in [0.717, 1.165) is 19.5 Å². The van der Waals surface area contributed by atoms with Gasteiger partial charge in [-0.3, -0.25) is 9.89 Å². The highest BCUT2D eigenvalue weighted by Crippen LogP contribution is 2.11. The van der Waals surface area contributed by atoms with Crippen molar-refractivity contribution in [1.82, 2.24) is 20.8 Å². The van der Waals surface area contributed by atoms with Gasteiger partial charge in [0.15, 0.2) is 0 Å². The number of hydrogen-bond donors (Lipinski definition) is 3. The molecule has 3 N–H and O–H groups in total. The third kappa shape index (κ3) is 2.36. The molecule has 2 heterocycles. The summed E-state index contributed by atoms with van der Waals surface area (Å²) in [5.74, 6) is 0.450. The first-order valence-electron chi connectivity index (χ1n) is 5.28. The molecule has 1 aromatic rings. The molecule has 0 aromatic carbocycles. The van der Waals surface area contributed by atoms with Crippen LogP contribution in [0.2, 0.25) is 0 Å². The lowest BCUT2D eigenvalue weighted by atomic mass is 9.95. The van der Waals surface area contributed by atoms with Gasteiger partial charge in [0, 0.05) is 18.8 Å². The van der Waals surface area contributed by atoms with Gasteiger partial charge in [-0.2, -0.15) is 5.10 Å². The molecule has 0 spiro atoms. The van der Waals surface area contributed by atoms with Crippen LogP contribution < -0.4 is 10.6 Å². The van der Waals surface area contributed by atoms with Crippen LogP contribution in [0.15, 0.2) is 12.3 Å². The molecule has 0 radical (unpaired) electrons. The standard InChI is InChI=1S/C10H16N4O/c1-7-2-4-11-6-9(7)13-10(15)8-3-5-12-14-8/h3,5,7,9,11H,2,4,6H2,1H3,(H,12,14)(H,13,15). The van der Waals surface area contributed by atoms with E-state index in [0.29, 0.717) is 11.6 Å². The fourth-order valence-electron chi connectivity index (χ4n) is 1.81. The predicted molar refractivity (Wildman–Crippen MR) is 56.5 cm³/mol. The zero-order chi connectivity index (χ0) is 10.7. The molecule has 1 fully saturated rings. The highest BCUT2D eigenvalue weighted by atomic mass is 16.2. The summed E-state index contributed by atoms with van der Waals surface area (Å²) in [6.07, 6.45) is 2.69. The van der Waals surface area contributed by atoms with Gasteiger partial charge in [-0.1, -0.05) is 6.92 Å². The van der Waals surface area contributed by atoms with Gasteiger partial charge in [-0.15, -0.1) is 0 Å². The number of amides is 1. The Kier molecular flexibility index (Phi) is 3.01. The van der Waals surface area contributed by atoms with E-state index in [9.17, 15) is 4.79 Å². The molecule has 0 saturated carbocycles. The maximum Gasteiger partial charge on any atom is 0.269 e. The summed E-state index contributed by atoms with van der Waals surface area (Å²) < 4.78 is 0. The largest absolute Gasteiger partial charge is 0.346 e. The number of piperidine rings is 1. The lowest BCUT2D eigenvalue weighted by molar-refractivity contribution is 0.0910. The molecule has 0 aliphatic carbocycles. The van der Waals surface area contributed by atoms with Crippen molar-refractivity contribution in [2.24, 2.45) is 5.92 Å². The van der Waals surface area contributed by atoms with Gasteiger partial charge in [-0.05, 0) is 24.9 Å². The Hall–Kier alpha value is -1.36. The minimum atomic E-state index is -0.0759. The second kappa shape index (κ2) is 4.44. The van der Waals surface area contributed by atoms with E-state index >= 15 is 0 Å². The van der Waals surface area contributed by atoms with Gasteiger partial charge in [0.1, 0.15) is 5.69 Å². The first-order chi connectivity index (χ1) is 7.27. The van der Waals surface area contributed by atoms with Gasteiger partial charge in [0.05, 0.1) is 0 Å². The van der Waals surface area contributed by atoms with Crippen molar-refractivity contribution in [1.29, 1.82) is 0 Å². The normalized spacial score (nSPS) is 26.2. The Morgan fingerprint density at radius 1 is 1.67 bits per heavy atom. The van der Waals surface area contributed by atoms with Crippen LogP contribution in [-0.4, -0.2) is 35.2 Å². The van der Waals surface area contributed by atoms with Crippen LogP contribution in [-0.2, 0) is 0 Å². The van der Waals surface area contributed by atoms with Crippen molar-refractivity contribution in [2.45, 2.75) is 19.4 Å². The van der Waals surface area contributed by atoms with Crippen molar-refractivity contribution in [3.63, 3.8) is 0 Å². The maximum absolute atomic E-state index is 11.7. The third-order valence-corrected chi connectivity index (χ3v) is 2.89. The van der Waals surface area contributed by atoms with Crippen molar-refractivity contribution >= 4 is 5.91 Å². The van der Waals surface area contributed by atoms with Crippen molar-refractivity contribution in [2.75, 3.05) is 13.1 Å². The first-order valence-corrected chi connectivity index (χ1v) is 5.28. The number of nitrogens with one attached hydrogen (secondary N) is 3. The Labute approximate surface area is 88.6 Å². The maximum atomic E-state index is 11.7. The lowest BCUT2D eigenvalue weighted by Gasteiger charge is -2.29. The van der Waals surface area contributed by atoms with E-state index in [1.807, 2.05) is 0 Å². The highest BCUT2D eigenvalue weighted by molar-refractivity contribution is 5.92. The Balaban J connectivity index is 1.93. The SMILES string of the molecule is CC1CCNCC1NC(=O)c1ccn[nH]1. The summed E-state index contributed by atoms with van der Waals surface area (Å²) in [5.41, 5.74) is 0.521. The summed E-state index contributed by atoms with van der Waals surface area (Å²) in [7, 11) is 0. The van der Waals surface area contributed by atoms with Gasteiger partial charge < -0.3 is 10.6 Å². The molecule has 1 amide bonds. The molecule has 2 atom stereocenters. The van der Waals surface area contributed by atoms with Crippen molar-refractivity contribution < 1.29 is 4.79 Å². The average molecular weight is 208 g/mol. The van der Waals surface area contributed by atoms with Crippen molar-refractivity contribution in [3.8, 4) is 0 Å². The van der Waals surface area contributed by atoms with Crippen molar-refractivity contribution in [3.05, 3.63) is 18.0 Å². The Morgan fingerprint density at radius 3 is 3.20 bits per heavy atom. The molecule has 1 aromatic heterocycles. The van der Waals surface area contributed by atoms with Crippen LogP contribution >= 0.6 is 0 Å². The van der Waals surface area contributed by atoms with E-state index in [1.54, 1.807) is 12.3 Å². The molecule has 2 rings (SSSR count). The summed E-state index contributed by atoms with van der Waals surface area (Å²) in [6, 6.07) is 1.89. The predicted octanol–water partition coefficient (Wildman–Crippen LogP) is 0.137. The fourth-order valence-corrected chi connectivity index (χ4v) is 1.81. The molecular weight excluding hydrogens is 192 g/mol. The van der Waals surface area contributed by atoms with E-state index < -0.39 is 0 Å². The zero-order valence-electron chi connectivity index (χ0n) is 8.79. The van der Waals surface area contributed by atoms with E-state index in [1.165, 1.54) is 0 Å². The molecule has 1 saturated heterocycles. The molecule has 2 unspecified atom stereocenters. The second-order valence-electron chi connectivity index (χ2n) is 4.02. The Bertz CT molecular complexity index is 322. The van der Waals surface area contributed by atoms with Crippen LogP contribution in [0.3, 0.4) is 0 Å². The minimum absolute atomic E-state index is 0.0759. The zero-order valence-corrected chi connectivity index (χ0v) is 8.79. The summed E-state index contributed by atoms with van der Waals surface area (Å²) in [5, 5.41) is 12.7. The minimum Gasteiger partial charge on any atom is -0.346 e. The number of H-pyrrole nitrogens is 1. The number of carbonyl (C=O) groups is 1. The molecule has 1 aliphatic heterocycles. The average Bonchev–Trinajstić information content (AvgIpc) is 2.74. The third-order valence-electron chi connectivity index (χ3n) is 2.89. The fraction of sp³-hybridized carbons (Fsp3) is 0.600. The molecular formula is C10H16N4O. The number of nitrogens with zero attached hydrogens (tertiary/aromatic N) is 1. The number of aromatic nitrogens is 2. The topological polar surface area (TPSA) is 69.8 Å².